The van der Waals surface area contributed by atoms with Gasteiger partial charge in [-0.15, -0.1) is 0 Å². The second-order valence-corrected chi connectivity index (χ2v) is 8.86. The molecule has 1 aromatic heterocycles. The van der Waals surface area contributed by atoms with Crippen molar-refractivity contribution in [1.82, 2.24) is 14.9 Å². The minimum absolute atomic E-state index is 0.198. The SMILES string of the molecule is CCCCCNC(=O)Nc1ccccc1OCCCn1c(C(C)C)nc(-c2ccccc2)c1C. The van der Waals surface area contributed by atoms with E-state index in [1.54, 1.807) is 0 Å². The maximum atomic E-state index is 12.2. The summed E-state index contributed by atoms with van der Waals surface area (Å²) in [5.74, 6) is 2.11. The maximum absolute atomic E-state index is 12.2. The average molecular weight is 463 g/mol. The van der Waals surface area contributed by atoms with Gasteiger partial charge < -0.3 is 19.9 Å². The van der Waals surface area contributed by atoms with Gasteiger partial charge in [-0.05, 0) is 31.9 Å². The van der Waals surface area contributed by atoms with Crippen molar-refractivity contribution in [3.05, 3.63) is 66.1 Å². The Bertz CT molecular complexity index is 1040. The molecule has 0 aliphatic heterocycles. The number of hydrogen-bond donors (Lipinski definition) is 2. The minimum Gasteiger partial charge on any atom is -0.491 e. The number of nitrogens with zero attached hydrogens (tertiary/aromatic N) is 2. The molecule has 2 aromatic carbocycles. The number of para-hydroxylation sites is 2. The van der Waals surface area contributed by atoms with Gasteiger partial charge in [-0.2, -0.15) is 0 Å². The Morgan fingerprint density at radius 3 is 2.50 bits per heavy atom. The normalized spacial score (nSPS) is 11.0. The van der Waals surface area contributed by atoms with Crippen LogP contribution in [0, 0.1) is 6.92 Å². The third-order valence-corrected chi connectivity index (χ3v) is 5.80. The zero-order chi connectivity index (χ0) is 24.3. The first-order valence-corrected chi connectivity index (χ1v) is 12.4. The number of carbonyl (C=O) groups is 1. The first kappa shape index (κ1) is 25.3. The number of nitrogens with one attached hydrogen (secondary N) is 2. The molecule has 0 spiro atoms. The van der Waals surface area contributed by atoms with Crippen LogP contribution >= 0.6 is 0 Å². The number of anilines is 1. The van der Waals surface area contributed by atoms with Crippen LogP contribution in [0.2, 0.25) is 0 Å². The standard InChI is InChI=1S/C28H38N4O2/c1-5-6-12-18-29-28(33)30-24-16-10-11-17-25(24)34-20-13-19-32-22(4)26(31-27(32)21(2)3)23-14-8-7-9-15-23/h7-11,14-17,21H,5-6,12-13,18-20H2,1-4H3,(H2,29,30,33). The molecule has 34 heavy (non-hydrogen) atoms. The highest BCUT2D eigenvalue weighted by Crippen LogP contribution is 2.28. The molecule has 0 saturated carbocycles. The molecule has 0 fully saturated rings. The second-order valence-electron chi connectivity index (χ2n) is 8.86. The van der Waals surface area contributed by atoms with Crippen LogP contribution in [-0.4, -0.2) is 28.7 Å². The number of urea groups is 1. The van der Waals surface area contributed by atoms with Crippen LogP contribution in [0.3, 0.4) is 0 Å². The molecule has 0 atom stereocenters. The van der Waals surface area contributed by atoms with E-state index >= 15 is 0 Å². The number of unbranched alkanes of at least 4 members (excludes halogenated alkanes) is 2. The third kappa shape index (κ3) is 6.86. The van der Waals surface area contributed by atoms with Crippen molar-refractivity contribution in [1.29, 1.82) is 0 Å². The molecule has 0 unspecified atom stereocenters. The summed E-state index contributed by atoms with van der Waals surface area (Å²) in [5, 5.41) is 5.82. The number of imidazole rings is 1. The summed E-state index contributed by atoms with van der Waals surface area (Å²) in [4.78, 5) is 17.2. The maximum Gasteiger partial charge on any atom is 0.319 e. The molecule has 1 heterocycles. The van der Waals surface area contributed by atoms with Crippen LogP contribution in [0.25, 0.3) is 11.3 Å². The van der Waals surface area contributed by atoms with Crippen molar-refractivity contribution in [2.24, 2.45) is 0 Å². The van der Waals surface area contributed by atoms with E-state index in [0.717, 1.165) is 49.3 Å². The van der Waals surface area contributed by atoms with Gasteiger partial charge in [0.2, 0.25) is 0 Å². The lowest BCUT2D eigenvalue weighted by molar-refractivity contribution is 0.251. The van der Waals surface area contributed by atoms with Crippen LogP contribution in [0.4, 0.5) is 10.5 Å². The summed E-state index contributed by atoms with van der Waals surface area (Å²) < 4.78 is 8.37. The van der Waals surface area contributed by atoms with Crippen LogP contribution in [-0.2, 0) is 6.54 Å². The van der Waals surface area contributed by atoms with Crippen molar-refractivity contribution in [3.63, 3.8) is 0 Å². The first-order chi connectivity index (χ1) is 16.5. The lowest BCUT2D eigenvalue weighted by atomic mass is 10.1. The summed E-state index contributed by atoms with van der Waals surface area (Å²) in [6.45, 7) is 10.7. The second kappa shape index (κ2) is 12.8. The Morgan fingerprint density at radius 2 is 1.76 bits per heavy atom. The smallest absolute Gasteiger partial charge is 0.319 e. The average Bonchev–Trinajstić information content (AvgIpc) is 3.17. The number of carbonyl (C=O) groups excluding carboxylic acids is 1. The molecule has 6 nitrogen and oxygen atoms in total. The highest BCUT2D eigenvalue weighted by atomic mass is 16.5. The van der Waals surface area contributed by atoms with Crippen molar-refractivity contribution in [2.75, 3.05) is 18.5 Å². The predicted octanol–water partition coefficient (Wildman–Crippen LogP) is 6.76. The van der Waals surface area contributed by atoms with E-state index in [-0.39, 0.29) is 6.03 Å². The van der Waals surface area contributed by atoms with Gasteiger partial charge in [0.1, 0.15) is 11.6 Å². The van der Waals surface area contributed by atoms with E-state index in [9.17, 15) is 4.79 Å². The van der Waals surface area contributed by atoms with Gasteiger partial charge in [0.25, 0.3) is 0 Å². The van der Waals surface area contributed by atoms with E-state index < -0.39 is 0 Å². The minimum atomic E-state index is -0.198. The van der Waals surface area contributed by atoms with E-state index in [0.29, 0.717) is 30.5 Å². The zero-order valence-corrected chi connectivity index (χ0v) is 20.9. The molecule has 0 bridgehead atoms. The van der Waals surface area contributed by atoms with E-state index in [2.05, 4.69) is 55.0 Å². The molecule has 2 amide bonds. The fraction of sp³-hybridized carbons (Fsp3) is 0.429. The highest BCUT2D eigenvalue weighted by Gasteiger charge is 2.17. The molecule has 3 aromatic rings. The van der Waals surface area contributed by atoms with Gasteiger partial charge >= 0.3 is 6.03 Å². The molecule has 6 heteroatoms. The molecule has 2 N–H and O–H groups in total. The van der Waals surface area contributed by atoms with Crippen LogP contribution < -0.4 is 15.4 Å². The first-order valence-electron chi connectivity index (χ1n) is 12.4. The third-order valence-electron chi connectivity index (χ3n) is 5.80. The van der Waals surface area contributed by atoms with Crippen molar-refractivity contribution in [3.8, 4) is 17.0 Å². The number of amides is 2. The summed E-state index contributed by atoms with van der Waals surface area (Å²) in [6.07, 6.45) is 4.06. The van der Waals surface area contributed by atoms with Crippen LogP contribution in [0.15, 0.2) is 54.6 Å². The topological polar surface area (TPSA) is 68.2 Å². The monoisotopic (exact) mass is 462 g/mol. The number of rotatable bonds is 12. The Balaban J connectivity index is 1.59. The molecule has 0 aliphatic carbocycles. The Hall–Kier alpha value is -3.28. The Labute approximate surface area is 203 Å². The molecule has 0 radical (unpaired) electrons. The van der Waals surface area contributed by atoms with Gasteiger partial charge in [-0.3, -0.25) is 0 Å². The molecule has 3 rings (SSSR count). The quantitative estimate of drug-likeness (QED) is 0.292. The number of hydrogen-bond acceptors (Lipinski definition) is 3. The summed E-state index contributed by atoms with van der Waals surface area (Å²) in [7, 11) is 0. The lowest BCUT2D eigenvalue weighted by Gasteiger charge is -2.15. The van der Waals surface area contributed by atoms with Gasteiger partial charge in [0, 0.05) is 30.3 Å². The Morgan fingerprint density at radius 1 is 1.03 bits per heavy atom. The summed E-state index contributed by atoms with van der Waals surface area (Å²) in [6, 6.07) is 17.7. The van der Waals surface area contributed by atoms with Gasteiger partial charge in [0.05, 0.1) is 18.0 Å². The largest absolute Gasteiger partial charge is 0.491 e. The van der Waals surface area contributed by atoms with Crippen molar-refractivity contribution < 1.29 is 9.53 Å². The molecular formula is C28H38N4O2. The van der Waals surface area contributed by atoms with Crippen molar-refractivity contribution in [2.45, 2.75) is 65.8 Å². The van der Waals surface area contributed by atoms with E-state index in [1.165, 1.54) is 5.69 Å². The fourth-order valence-corrected chi connectivity index (χ4v) is 3.99. The van der Waals surface area contributed by atoms with Crippen LogP contribution in [0.5, 0.6) is 5.75 Å². The van der Waals surface area contributed by atoms with Gasteiger partial charge in [0.15, 0.2) is 0 Å². The van der Waals surface area contributed by atoms with E-state index in [4.69, 9.17) is 9.72 Å². The fourth-order valence-electron chi connectivity index (χ4n) is 3.99. The highest BCUT2D eigenvalue weighted by molar-refractivity contribution is 5.90. The Kier molecular flexibility index (Phi) is 9.56. The predicted molar refractivity (Wildman–Crippen MR) is 140 cm³/mol. The van der Waals surface area contributed by atoms with Gasteiger partial charge in [-0.25, -0.2) is 9.78 Å². The van der Waals surface area contributed by atoms with Gasteiger partial charge in [-0.1, -0.05) is 76.1 Å². The zero-order valence-electron chi connectivity index (χ0n) is 20.9. The molecule has 182 valence electrons. The molecular weight excluding hydrogens is 424 g/mol. The van der Waals surface area contributed by atoms with Crippen molar-refractivity contribution >= 4 is 11.7 Å². The molecule has 0 aliphatic rings. The summed E-state index contributed by atoms with van der Waals surface area (Å²) >= 11 is 0. The number of benzene rings is 2. The summed E-state index contributed by atoms with van der Waals surface area (Å²) in [5.41, 5.74) is 4.05. The van der Waals surface area contributed by atoms with Crippen LogP contribution in [0.1, 0.15) is 63.9 Å². The molecule has 0 saturated heterocycles. The van der Waals surface area contributed by atoms with E-state index in [1.807, 2.05) is 42.5 Å². The number of aromatic nitrogens is 2. The lowest BCUT2D eigenvalue weighted by Crippen LogP contribution is -2.29. The number of ether oxygens (including phenoxy) is 1.